The summed E-state index contributed by atoms with van der Waals surface area (Å²) < 4.78 is 5.16. The minimum Gasteiger partial charge on any atom is -0.461 e. The number of carbonyl (C=O) groups is 1. The van der Waals surface area contributed by atoms with E-state index in [9.17, 15) is 4.79 Å². The topological polar surface area (TPSA) is 38.3 Å². The van der Waals surface area contributed by atoms with Crippen molar-refractivity contribution in [2.45, 2.75) is 32.4 Å². The molecule has 0 radical (unpaired) electrons. The van der Waals surface area contributed by atoms with Crippen molar-refractivity contribution in [3.8, 4) is 0 Å². The second kappa shape index (κ2) is 4.34. The van der Waals surface area contributed by atoms with E-state index in [0.29, 0.717) is 11.4 Å². The fourth-order valence-electron chi connectivity index (χ4n) is 1.78. The van der Waals surface area contributed by atoms with Crippen molar-refractivity contribution in [1.29, 1.82) is 0 Å². The molecule has 0 aliphatic carbocycles. The first-order valence-corrected chi connectivity index (χ1v) is 5.69. The standard InChI is InChI=1S/C12H14ClNO2/c1-7(2)16-12(15)11-5-8-3-4-9(13)6-10(8)14-11/h3-4,6-7,11,14H,5H2,1-2H3. The Kier molecular flexibility index (Phi) is 3.06. The van der Waals surface area contributed by atoms with Gasteiger partial charge in [0.25, 0.3) is 0 Å². The molecule has 16 heavy (non-hydrogen) atoms. The van der Waals surface area contributed by atoms with Crippen molar-refractivity contribution in [1.82, 2.24) is 0 Å². The van der Waals surface area contributed by atoms with Crippen molar-refractivity contribution in [2.75, 3.05) is 5.32 Å². The summed E-state index contributed by atoms with van der Waals surface area (Å²) in [7, 11) is 0. The first-order chi connectivity index (χ1) is 7.56. The molecule has 3 nitrogen and oxygen atoms in total. The fraction of sp³-hybridized carbons (Fsp3) is 0.417. The average molecular weight is 240 g/mol. The monoisotopic (exact) mass is 239 g/mol. The highest BCUT2D eigenvalue weighted by Gasteiger charge is 2.28. The van der Waals surface area contributed by atoms with Gasteiger partial charge in [0, 0.05) is 17.1 Å². The van der Waals surface area contributed by atoms with Crippen LogP contribution in [-0.4, -0.2) is 18.1 Å². The molecule has 0 amide bonds. The molecule has 0 spiro atoms. The molecule has 1 aliphatic rings. The largest absolute Gasteiger partial charge is 0.461 e. The van der Waals surface area contributed by atoms with E-state index in [2.05, 4.69) is 5.32 Å². The molecular formula is C12H14ClNO2. The van der Waals surface area contributed by atoms with E-state index in [1.54, 1.807) is 0 Å². The van der Waals surface area contributed by atoms with E-state index in [0.717, 1.165) is 11.3 Å². The molecule has 1 aromatic rings. The van der Waals surface area contributed by atoms with Crippen LogP contribution in [0.4, 0.5) is 5.69 Å². The summed E-state index contributed by atoms with van der Waals surface area (Å²) in [6, 6.07) is 5.32. The van der Waals surface area contributed by atoms with Gasteiger partial charge in [-0.2, -0.15) is 0 Å². The lowest BCUT2D eigenvalue weighted by Gasteiger charge is -2.13. The van der Waals surface area contributed by atoms with Crippen LogP contribution in [-0.2, 0) is 16.0 Å². The molecular weight excluding hydrogens is 226 g/mol. The zero-order chi connectivity index (χ0) is 11.7. The maximum atomic E-state index is 11.7. The zero-order valence-corrected chi connectivity index (χ0v) is 10.0. The number of hydrogen-bond donors (Lipinski definition) is 1. The lowest BCUT2D eigenvalue weighted by molar-refractivity contribution is -0.148. The summed E-state index contributed by atoms with van der Waals surface area (Å²) in [6.07, 6.45) is 0.583. The number of halogens is 1. The van der Waals surface area contributed by atoms with Crippen molar-refractivity contribution in [3.05, 3.63) is 28.8 Å². The van der Waals surface area contributed by atoms with Crippen molar-refractivity contribution in [3.63, 3.8) is 0 Å². The molecule has 1 N–H and O–H groups in total. The number of hydrogen-bond acceptors (Lipinski definition) is 3. The predicted octanol–water partition coefficient (Wildman–Crippen LogP) is 2.63. The number of carbonyl (C=O) groups excluding carboxylic acids is 1. The molecule has 2 rings (SSSR count). The number of ether oxygens (including phenoxy) is 1. The molecule has 0 saturated heterocycles. The van der Waals surface area contributed by atoms with Gasteiger partial charge in [0.15, 0.2) is 0 Å². The summed E-state index contributed by atoms with van der Waals surface area (Å²) in [5.74, 6) is -0.206. The van der Waals surface area contributed by atoms with Crippen LogP contribution in [0.2, 0.25) is 5.02 Å². The normalized spacial score (nSPS) is 18.1. The number of esters is 1. The Balaban J connectivity index is 2.08. The summed E-state index contributed by atoms with van der Waals surface area (Å²) in [6.45, 7) is 3.69. The Morgan fingerprint density at radius 1 is 1.56 bits per heavy atom. The van der Waals surface area contributed by atoms with E-state index in [1.165, 1.54) is 0 Å². The quantitative estimate of drug-likeness (QED) is 0.807. The maximum absolute atomic E-state index is 11.7. The Morgan fingerprint density at radius 3 is 3.00 bits per heavy atom. The van der Waals surface area contributed by atoms with Crippen LogP contribution in [0.15, 0.2) is 18.2 Å². The molecule has 1 aliphatic heterocycles. The van der Waals surface area contributed by atoms with Crippen LogP contribution < -0.4 is 5.32 Å². The van der Waals surface area contributed by atoms with Gasteiger partial charge in [-0.05, 0) is 31.5 Å². The van der Waals surface area contributed by atoms with Gasteiger partial charge in [0.2, 0.25) is 0 Å². The Morgan fingerprint density at radius 2 is 2.31 bits per heavy atom. The summed E-state index contributed by atoms with van der Waals surface area (Å²) in [5, 5.41) is 3.79. The second-order valence-corrected chi connectivity index (χ2v) is 4.62. The van der Waals surface area contributed by atoms with Crippen LogP contribution in [0.1, 0.15) is 19.4 Å². The second-order valence-electron chi connectivity index (χ2n) is 4.19. The molecule has 0 saturated carbocycles. The van der Waals surface area contributed by atoms with Crippen LogP contribution in [0.5, 0.6) is 0 Å². The van der Waals surface area contributed by atoms with Gasteiger partial charge in [-0.25, -0.2) is 4.79 Å². The maximum Gasteiger partial charge on any atom is 0.329 e. The molecule has 0 aromatic heterocycles. The lowest BCUT2D eigenvalue weighted by atomic mass is 10.1. The number of benzene rings is 1. The van der Waals surface area contributed by atoms with Gasteiger partial charge in [-0.1, -0.05) is 17.7 Å². The van der Waals surface area contributed by atoms with Crippen LogP contribution in [0.3, 0.4) is 0 Å². The number of nitrogens with one attached hydrogen (secondary N) is 1. The molecule has 1 unspecified atom stereocenters. The average Bonchev–Trinajstić information content (AvgIpc) is 2.59. The Labute approximate surface area is 99.7 Å². The van der Waals surface area contributed by atoms with Crippen molar-refractivity contribution in [2.24, 2.45) is 0 Å². The number of anilines is 1. The molecule has 1 heterocycles. The highest BCUT2D eigenvalue weighted by Crippen LogP contribution is 2.29. The van der Waals surface area contributed by atoms with E-state index in [-0.39, 0.29) is 18.1 Å². The van der Waals surface area contributed by atoms with Gasteiger partial charge >= 0.3 is 5.97 Å². The summed E-state index contributed by atoms with van der Waals surface area (Å²) in [5.41, 5.74) is 2.04. The van der Waals surface area contributed by atoms with Crippen molar-refractivity contribution < 1.29 is 9.53 Å². The van der Waals surface area contributed by atoms with Gasteiger partial charge in [0.1, 0.15) is 6.04 Å². The third kappa shape index (κ3) is 2.30. The molecule has 0 bridgehead atoms. The fourth-order valence-corrected chi connectivity index (χ4v) is 1.95. The molecule has 86 valence electrons. The smallest absolute Gasteiger partial charge is 0.329 e. The third-order valence-electron chi connectivity index (χ3n) is 2.46. The van der Waals surface area contributed by atoms with Crippen LogP contribution in [0.25, 0.3) is 0 Å². The van der Waals surface area contributed by atoms with Crippen molar-refractivity contribution >= 4 is 23.3 Å². The van der Waals surface area contributed by atoms with Gasteiger partial charge in [-0.3, -0.25) is 0 Å². The first-order valence-electron chi connectivity index (χ1n) is 5.31. The zero-order valence-electron chi connectivity index (χ0n) is 9.29. The summed E-state index contributed by atoms with van der Waals surface area (Å²) >= 11 is 5.88. The highest BCUT2D eigenvalue weighted by molar-refractivity contribution is 6.30. The lowest BCUT2D eigenvalue weighted by Crippen LogP contribution is -2.30. The van der Waals surface area contributed by atoms with E-state index < -0.39 is 0 Å². The molecule has 0 fully saturated rings. The third-order valence-corrected chi connectivity index (χ3v) is 2.70. The molecule has 1 aromatic carbocycles. The minimum absolute atomic E-state index is 0.0819. The SMILES string of the molecule is CC(C)OC(=O)C1Cc2ccc(Cl)cc2N1. The van der Waals surface area contributed by atoms with E-state index >= 15 is 0 Å². The number of fused-ring (bicyclic) bond motifs is 1. The van der Waals surface area contributed by atoms with Crippen LogP contribution >= 0.6 is 11.6 Å². The van der Waals surface area contributed by atoms with Gasteiger partial charge in [-0.15, -0.1) is 0 Å². The van der Waals surface area contributed by atoms with Crippen LogP contribution in [0, 0.1) is 0 Å². The number of rotatable bonds is 2. The van der Waals surface area contributed by atoms with Gasteiger partial charge < -0.3 is 10.1 Å². The summed E-state index contributed by atoms with van der Waals surface area (Å²) in [4.78, 5) is 11.7. The Hall–Kier alpha value is -1.22. The highest BCUT2D eigenvalue weighted by atomic mass is 35.5. The van der Waals surface area contributed by atoms with E-state index in [4.69, 9.17) is 16.3 Å². The first kappa shape index (κ1) is 11.3. The molecule has 4 heteroatoms. The molecule has 1 atom stereocenters. The predicted molar refractivity (Wildman–Crippen MR) is 63.8 cm³/mol. The van der Waals surface area contributed by atoms with Gasteiger partial charge in [0.05, 0.1) is 6.10 Å². The van der Waals surface area contributed by atoms with E-state index in [1.807, 2.05) is 32.0 Å². The minimum atomic E-state index is -0.282. The Bertz CT molecular complexity index is 417.